The van der Waals surface area contributed by atoms with E-state index in [1.165, 1.54) is 11.1 Å². The lowest BCUT2D eigenvalue weighted by molar-refractivity contribution is 0.179. The van der Waals surface area contributed by atoms with Crippen molar-refractivity contribution in [3.05, 3.63) is 57.6 Å². The molecule has 2 amide bonds. The van der Waals surface area contributed by atoms with Gasteiger partial charge in [-0.05, 0) is 60.7 Å². The number of ether oxygens (including phenoxy) is 1. The molecule has 1 saturated heterocycles. The molecule has 2 heterocycles. The van der Waals surface area contributed by atoms with Gasteiger partial charge in [-0.2, -0.15) is 0 Å². The highest BCUT2D eigenvalue weighted by atomic mass is 35.5. The first-order valence-electron chi connectivity index (χ1n) is 8.28. The minimum absolute atomic E-state index is 0.0904. The summed E-state index contributed by atoms with van der Waals surface area (Å²) in [4.78, 5) is 14.8. The van der Waals surface area contributed by atoms with Gasteiger partial charge in [0.25, 0.3) is 0 Å². The van der Waals surface area contributed by atoms with Crippen LogP contribution in [0.15, 0.2) is 36.4 Å². The van der Waals surface area contributed by atoms with Crippen LogP contribution in [-0.2, 0) is 6.42 Å². The van der Waals surface area contributed by atoms with E-state index in [0.29, 0.717) is 15.7 Å². The third-order valence-electron chi connectivity index (χ3n) is 5.07. The van der Waals surface area contributed by atoms with Gasteiger partial charge in [0.1, 0.15) is 5.75 Å². The molecule has 4 nitrogen and oxygen atoms in total. The van der Waals surface area contributed by atoms with Gasteiger partial charge in [0.15, 0.2) is 0 Å². The second kappa shape index (κ2) is 6.43. The van der Waals surface area contributed by atoms with Crippen molar-refractivity contribution in [2.75, 3.05) is 12.4 Å². The smallest absolute Gasteiger partial charge is 0.322 e. The van der Waals surface area contributed by atoms with Gasteiger partial charge in [-0.25, -0.2) is 4.79 Å². The average molecular weight is 377 g/mol. The van der Waals surface area contributed by atoms with Crippen LogP contribution in [0, 0.1) is 0 Å². The number of methoxy groups -OCH3 is 1. The molecule has 2 aromatic rings. The van der Waals surface area contributed by atoms with Gasteiger partial charge >= 0.3 is 6.03 Å². The van der Waals surface area contributed by atoms with Crippen LogP contribution < -0.4 is 10.1 Å². The molecule has 2 aromatic carbocycles. The van der Waals surface area contributed by atoms with Crippen LogP contribution in [0.25, 0.3) is 0 Å². The summed E-state index contributed by atoms with van der Waals surface area (Å²) >= 11 is 12.0. The Labute approximate surface area is 156 Å². The number of fused-ring (bicyclic) bond motifs is 4. The molecule has 2 bridgehead atoms. The molecule has 0 saturated carbocycles. The fraction of sp³-hybridized carbons (Fsp3) is 0.316. The second-order valence-corrected chi connectivity index (χ2v) is 7.30. The third kappa shape index (κ3) is 2.94. The first-order chi connectivity index (χ1) is 12.1. The van der Waals surface area contributed by atoms with E-state index in [1.807, 2.05) is 11.0 Å². The van der Waals surface area contributed by atoms with Gasteiger partial charge < -0.3 is 15.0 Å². The molecule has 4 rings (SSSR count). The summed E-state index contributed by atoms with van der Waals surface area (Å²) in [6.07, 6.45) is 2.85. The van der Waals surface area contributed by atoms with Crippen LogP contribution in [0.5, 0.6) is 5.75 Å². The van der Waals surface area contributed by atoms with E-state index in [1.54, 1.807) is 25.3 Å². The van der Waals surface area contributed by atoms with Gasteiger partial charge in [-0.15, -0.1) is 0 Å². The SMILES string of the molecule is COc1ccc2c(c1)CC1CCC2N1C(=O)Nc1ccc(Cl)c(Cl)c1. The maximum Gasteiger partial charge on any atom is 0.322 e. The first-order valence-corrected chi connectivity index (χ1v) is 9.03. The van der Waals surface area contributed by atoms with Gasteiger partial charge in [-0.1, -0.05) is 29.3 Å². The highest BCUT2D eigenvalue weighted by Crippen LogP contribution is 2.44. The number of hydrogen-bond acceptors (Lipinski definition) is 2. The van der Waals surface area contributed by atoms with Crippen LogP contribution in [0.4, 0.5) is 10.5 Å². The van der Waals surface area contributed by atoms with Gasteiger partial charge in [0, 0.05) is 11.7 Å². The molecule has 2 unspecified atom stereocenters. The van der Waals surface area contributed by atoms with Crippen molar-refractivity contribution >= 4 is 34.9 Å². The molecule has 2 atom stereocenters. The number of anilines is 1. The van der Waals surface area contributed by atoms with Crippen LogP contribution in [0.1, 0.15) is 30.0 Å². The zero-order chi connectivity index (χ0) is 17.6. The monoisotopic (exact) mass is 376 g/mol. The Morgan fingerprint density at radius 1 is 1.16 bits per heavy atom. The Kier molecular flexibility index (Phi) is 4.26. The number of urea groups is 1. The number of carbonyl (C=O) groups is 1. The lowest BCUT2D eigenvalue weighted by Gasteiger charge is -2.36. The van der Waals surface area contributed by atoms with E-state index >= 15 is 0 Å². The van der Waals surface area contributed by atoms with Crippen molar-refractivity contribution in [3.63, 3.8) is 0 Å². The van der Waals surface area contributed by atoms with Gasteiger partial charge in [-0.3, -0.25) is 0 Å². The lowest BCUT2D eigenvalue weighted by Crippen LogP contribution is -2.44. The second-order valence-electron chi connectivity index (χ2n) is 6.48. The number of nitrogens with zero attached hydrogens (tertiary/aromatic N) is 1. The molecule has 0 aromatic heterocycles. The Bertz CT molecular complexity index is 840. The predicted molar refractivity (Wildman–Crippen MR) is 99.8 cm³/mol. The zero-order valence-electron chi connectivity index (χ0n) is 13.8. The minimum atomic E-state index is -0.0904. The van der Waals surface area contributed by atoms with Gasteiger partial charge in [0.2, 0.25) is 0 Å². The molecular formula is C19H18Cl2N2O2. The largest absolute Gasteiger partial charge is 0.497 e. The summed E-state index contributed by atoms with van der Waals surface area (Å²) in [5, 5.41) is 3.86. The molecule has 25 heavy (non-hydrogen) atoms. The fourth-order valence-electron chi connectivity index (χ4n) is 3.92. The molecular weight excluding hydrogens is 359 g/mol. The maximum atomic E-state index is 12.9. The molecule has 2 aliphatic heterocycles. The number of hydrogen-bond donors (Lipinski definition) is 1. The summed E-state index contributed by atoms with van der Waals surface area (Å²) in [6.45, 7) is 0. The van der Waals surface area contributed by atoms with Crippen molar-refractivity contribution in [2.24, 2.45) is 0 Å². The quantitative estimate of drug-likeness (QED) is 0.772. The van der Waals surface area contributed by atoms with E-state index in [-0.39, 0.29) is 18.1 Å². The predicted octanol–water partition coefficient (Wildman–Crippen LogP) is 5.30. The molecule has 1 N–H and O–H groups in total. The molecule has 0 spiro atoms. The molecule has 0 radical (unpaired) electrons. The summed E-state index contributed by atoms with van der Waals surface area (Å²) in [7, 11) is 1.68. The summed E-state index contributed by atoms with van der Waals surface area (Å²) < 4.78 is 5.33. The standard InChI is InChI=1S/C19H18Cl2N2O2/c1-25-14-4-5-15-11(9-14)8-13-3-7-18(15)23(13)19(24)22-12-2-6-16(20)17(21)10-12/h2,4-6,9-10,13,18H,3,7-8H2,1H3,(H,22,24). The topological polar surface area (TPSA) is 41.6 Å². The van der Waals surface area contributed by atoms with Crippen molar-refractivity contribution in [3.8, 4) is 5.75 Å². The molecule has 2 aliphatic rings. The molecule has 130 valence electrons. The Hall–Kier alpha value is -1.91. The molecule has 1 fully saturated rings. The number of benzene rings is 2. The maximum absolute atomic E-state index is 12.9. The number of halogens is 2. The van der Waals surface area contributed by atoms with E-state index in [4.69, 9.17) is 27.9 Å². The van der Waals surface area contributed by atoms with E-state index in [9.17, 15) is 4.79 Å². The molecule has 0 aliphatic carbocycles. The third-order valence-corrected chi connectivity index (χ3v) is 5.81. The Morgan fingerprint density at radius 3 is 2.76 bits per heavy atom. The number of nitrogens with one attached hydrogen (secondary N) is 1. The number of rotatable bonds is 2. The van der Waals surface area contributed by atoms with Crippen LogP contribution in [0.3, 0.4) is 0 Å². The Morgan fingerprint density at radius 2 is 2.00 bits per heavy atom. The summed E-state index contributed by atoms with van der Waals surface area (Å²) in [5.41, 5.74) is 3.16. The van der Waals surface area contributed by atoms with Crippen LogP contribution >= 0.6 is 23.2 Å². The summed E-state index contributed by atoms with van der Waals surface area (Å²) in [6, 6.07) is 11.5. The first kappa shape index (κ1) is 16.6. The van der Waals surface area contributed by atoms with Crippen molar-refractivity contribution in [1.82, 2.24) is 4.90 Å². The van der Waals surface area contributed by atoms with Gasteiger partial charge in [0.05, 0.1) is 23.2 Å². The number of carbonyl (C=O) groups excluding carboxylic acids is 1. The normalized spacial score (nSPS) is 21.0. The highest BCUT2D eigenvalue weighted by molar-refractivity contribution is 6.42. The van der Waals surface area contributed by atoms with Crippen molar-refractivity contribution < 1.29 is 9.53 Å². The van der Waals surface area contributed by atoms with Crippen molar-refractivity contribution in [2.45, 2.75) is 31.3 Å². The zero-order valence-corrected chi connectivity index (χ0v) is 15.3. The number of amides is 2. The Balaban J connectivity index is 1.58. The highest BCUT2D eigenvalue weighted by Gasteiger charge is 2.42. The van der Waals surface area contributed by atoms with Crippen LogP contribution in [0.2, 0.25) is 10.0 Å². The van der Waals surface area contributed by atoms with Crippen molar-refractivity contribution in [1.29, 1.82) is 0 Å². The van der Waals surface area contributed by atoms with E-state index < -0.39 is 0 Å². The van der Waals surface area contributed by atoms with E-state index in [2.05, 4.69) is 17.4 Å². The summed E-state index contributed by atoms with van der Waals surface area (Å²) in [5.74, 6) is 0.867. The van der Waals surface area contributed by atoms with E-state index in [0.717, 1.165) is 25.0 Å². The van der Waals surface area contributed by atoms with Crippen LogP contribution in [-0.4, -0.2) is 24.1 Å². The fourth-order valence-corrected chi connectivity index (χ4v) is 4.22. The average Bonchev–Trinajstić information content (AvgIpc) is 2.93. The minimum Gasteiger partial charge on any atom is -0.497 e. The lowest BCUT2D eigenvalue weighted by atomic mass is 9.93. The molecule has 6 heteroatoms.